The van der Waals surface area contributed by atoms with Crippen LogP contribution in [0.15, 0.2) is 41.0 Å². The number of furan rings is 1. The van der Waals surface area contributed by atoms with E-state index >= 15 is 0 Å². The quantitative estimate of drug-likeness (QED) is 0.844. The van der Waals surface area contributed by atoms with Crippen molar-refractivity contribution in [2.24, 2.45) is 0 Å². The fraction of sp³-hybridized carbons (Fsp3) is 0.267. The smallest absolute Gasteiger partial charge is 0.260 e. The van der Waals surface area contributed by atoms with Crippen molar-refractivity contribution < 1.29 is 19.1 Å². The molecule has 2 rings (SSSR count). The molecule has 0 saturated heterocycles. The Morgan fingerprint density at radius 2 is 2.05 bits per heavy atom. The summed E-state index contributed by atoms with van der Waals surface area (Å²) in [5.41, 5.74) is 0. The number of carbonyl (C=O) groups is 1. The predicted molar refractivity (Wildman–Crippen MR) is 83.2 cm³/mol. The van der Waals surface area contributed by atoms with Gasteiger partial charge in [0.05, 0.1) is 12.8 Å². The lowest BCUT2D eigenvalue weighted by Gasteiger charge is -2.16. The Morgan fingerprint density at radius 1 is 1.36 bits per heavy atom. The molecular weight excluding hydrogens is 329 g/mol. The maximum Gasteiger partial charge on any atom is 0.260 e. The van der Waals surface area contributed by atoms with Gasteiger partial charge in [-0.05, 0) is 37.3 Å². The second-order valence-corrected chi connectivity index (χ2v) is 5.51. The van der Waals surface area contributed by atoms with Crippen LogP contribution in [-0.4, -0.2) is 23.7 Å². The molecule has 0 spiro atoms. The van der Waals surface area contributed by atoms with E-state index in [9.17, 15) is 9.90 Å². The highest BCUT2D eigenvalue weighted by atomic mass is 35.5. The SMILES string of the molecule is CC(Oc1cc(Cl)cc(Cl)c1)C(=O)NCC(O)c1ccco1. The summed E-state index contributed by atoms with van der Waals surface area (Å²) in [7, 11) is 0. The lowest BCUT2D eigenvalue weighted by molar-refractivity contribution is -0.127. The van der Waals surface area contributed by atoms with E-state index in [0.29, 0.717) is 21.6 Å². The van der Waals surface area contributed by atoms with Crippen LogP contribution in [0.5, 0.6) is 5.75 Å². The monoisotopic (exact) mass is 343 g/mol. The minimum atomic E-state index is -0.910. The maximum absolute atomic E-state index is 11.9. The van der Waals surface area contributed by atoms with E-state index in [-0.39, 0.29) is 12.5 Å². The first-order valence-electron chi connectivity index (χ1n) is 6.57. The van der Waals surface area contributed by atoms with E-state index in [2.05, 4.69) is 5.32 Å². The van der Waals surface area contributed by atoms with Crippen LogP contribution in [0.25, 0.3) is 0 Å². The van der Waals surface area contributed by atoms with E-state index < -0.39 is 12.2 Å². The number of benzene rings is 1. The molecule has 0 bridgehead atoms. The van der Waals surface area contributed by atoms with Gasteiger partial charge in [0.15, 0.2) is 6.10 Å². The number of rotatable bonds is 6. The minimum absolute atomic E-state index is 0.0242. The number of aliphatic hydroxyl groups is 1. The van der Waals surface area contributed by atoms with Crippen molar-refractivity contribution in [1.82, 2.24) is 5.32 Å². The molecule has 118 valence electrons. The number of halogens is 2. The first kappa shape index (κ1) is 16.7. The molecule has 1 aromatic carbocycles. The zero-order chi connectivity index (χ0) is 16.1. The molecule has 22 heavy (non-hydrogen) atoms. The molecule has 1 amide bonds. The Balaban J connectivity index is 1.86. The number of hydrogen-bond donors (Lipinski definition) is 2. The molecule has 2 unspecified atom stereocenters. The molecule has 5 nitrogen and oxygen atoms in total. The van der Waals surface area contributed by atoms with Crippen molar-refractivity contribution in [1.29, 1.82) is 0 Å². The van der Waals surface area contributed by atoms with Crippen molar-refractivity contribution in [2.45, 2.75) is 19.1 Å². The van der Waals surface area contributed by atoms with Crippen molar-refractivity contribution in [3.8, 4) is 5.75 Å². The molecule has 7 heteroatoms. The summed E-state index contributed by atoms with van der Waals surface area (Å²) in [4.78, 5) is 11.9. The zero-order valence-electron chi connectivity index (χ0n) is 11.8. The molecule has 1 aromatic heterocycles. The highest BCUT2D eigenvalue weighted by molar-refractivity contribution is 6.34. The average molecular weight is 344 g/mol. The van der Waals surface area contributed by atoms with Crippen molar-refractivity contribution in [2.75, 3.05) is 6.54 Å². The van der Waals surface area contributed by atoms with E-state index in [4.69, 9.17) is 32.4 Å². The molecule has 1 heterocycles. The second kappa shape index (κ2) is 7.54. The number of nitrogens with one attached hydrogen (secondary N) is 1. The van der Waals surface area contributed by atoms with Crippen LogP contribution >= 0.6 is 23.2 Å². The van der Waals surface area contributed by atoms with Crippen molar-refractivity contribution >= 4 is 29.1 Å². The predicted octanol–water partition coefficient (Wildman–Crippen LogP) is 3.20. The third-order valence-corrected chi connectivity index (χ3v) is 3.30. The largest absolute Gasteiger partial charge is 0.481 e. The van der Waals surface area contributed by atoms with Crippen LogP contribution in [0.4, 0.5) is 0 Å². The number of carbonyl (C=O) groups excluding carboxylic acids is 1. The standard InChI is InChI=1S/C15H15Cl2NO4/c1-9(22-12-6-10(16)5-11(17)7-12)15(20)18-8-13(19)14-3-2-4-21-14/h2-7,9,13,19H,8H2,1H3,(H,18,20). The molecule has 0 saturated carbocycles. The average Bonchev–Trinajstić information content (AvgIpc) is 2.97. The van der Waals surface area contributed by atoms with Gasteiger partial charge >= 0.3 is 0 Å². The molecular formula is C15H15Cl2NO4. The molecule has 0 aliphatic heterocycles. The molecule has 0 radical (unpaired) electrons. The Bertz CT molecular complexity index is 610. The summed E-state index contributed by atoms with van der Waals surface area (Å²) in [6.45, 7) is 1.61. The molecule has 2 atom stereocenters. The topological polar surface area (TPSA) is 71.7 Å². The molecule has 2 N–H and O–H groups in total. The molecule has 0 fully saturated rings. The Morgan fingerprint density at radius 3 is 2.64 bits per heavy atom. The summed E-state index contributed by atoms with van der Waals surface area (Å²) in [5, 5.41) is 13.2. The van der Waals surface area contributed by atoms with Gasteiger partial charge in [0.1, 0.15) is 17.6 Å². The van der Waals surface area contributed by atoms with Gasteiger partial charge in [0.2, 0.25) is 0 Å². The zero-order valence-corrected chi connectivity index (χ0v) is 13.3. The van der Waals surface area contributed by atoms with Gasteiger partial charge in [-0.15, -0.1) is 0 Å². The van der Waals surface area contributed by atoms with E-state index in [1.807, 2.05) is 0 Å². The van der Waals surface area contributed by atoms with Crippen LogP contribution in [0, 0.1) is 0 Å². The van der Waals surface area contributed by atoms with Gasteiger partial charge in [-0.3, -0.25) is 4.79 Å². The fourth-order valence-corrected chi connectivity index (χ4v) is 2.28. The van der Waals surface area contributed by atoms with Gasteiger partial charge < -0.3 is 19.6 Å². The van der Waals surface area contributed by atoms with Gasteiger partial charge in [0.25, 0.3) is 5.91 Å². The van der Waals surface area contributed by atoms with E-state index in [0.717, 1.165) is 0 Å². The minimum Gasteiger partial charge on any atom is -0.481 e. The van der Waals surface area contributed by atoms with Crippen LogP contribution in [0.3, 0.4) is 0 Å². The summed E-state index contributed by atoms with van der Waals surface area (Å²) >= 11 is 11.7. The Kier molecular flexibility index (Phi) is 5.71. The van der Waals surface area contributed by atoms with Gasteiger partial charge in [0, 0.05) is 10.0 Å². The third kappa shape index (κ3) is 4.66. The third-order valence-electron chi connectivity index (χ3n) is 2.86. The van der Waals surface area contributed by atoms with Crippen LogP contribution < -0.4 is 10.1 Å². The lowest BCUT2D eigenvalue weighted by atomic mass is 10.2. The summed E-state index contributed by atoms with van der Waals surface area (Å²) in [5.74, 6) is 0.406. The van der Waals surface area contributed by atoms with Crippen molar-refractivity contribution in [3.63, 3.8) is 0 Å². The van der Waals surface area contributed by atoms with Crippen molar-refractivity contribution in [3.05, 3.63) is 52.4 Å². The first-order chi connectivity index (χ1) is 10.5. The second-order valence-electron chi connectivity index (χ2n) is 4.64. The first-order valence-corrected chi connectivity index (χ1v) is 7.33. The van der Waals surface area contributed by atoms with Gasteiger partial charge in [-0.25, -0.2) is 0 Å². The maximum atomic E-state index is 11.9. The van der Waals surface area contributed by atoms with Gasteiger partial charge in [-0.2, -0.15) is 0 Å². The Labute approximate surface area is 137 Å². The van der Waals surface area contributed by atoms with Gasteiger partial charge in [-0.1, -0.05) is 23.2 Å². The van der Waals surface area contributed by atoms with Crippen LogP contribution in [-0.2, 0) is 4.79 Å². The number of aliphatic hydroxyl groups excluding tert-OH is 1. The fourth-order valence-electron chi connectivity index (χ4n) is 1.78. The van der Waals surface area contributed by atoms with Crippen LogP contribution in [0.2, 0.25) is 10.0 Å². The van der Waals surface area contributed by atoms with Crippen LogP contribution in [0.1, 0.15) is 18.8 Å². The highest BCUT2D eigenvalue weighted by Gasteiger charge is 2.18. The Hall–Kier alpha value is -1.69. The molecule has 0 aliphatic rings. The normalized spacial score (nSPS) is 13.5. The van der Waals surface area contributed by atoms with E-state index in [1.165, 1.54) is 6.26 Å². The molecule has 0 aliphatic carbocycles. The lowest BCUT2D eigenvalue weighted by Crippen LogP contribution is -2.38. The number of ether oxygens (including phenoxy) is 1. The highest BCUT2D eigenvalue weighted by Crippen LogP contribution is 2.25. The summed E-state index contributed by atoms with van der Waals surface area (Å²) in [6, 6.07) is 7.99. The van der Waals surface area contributed by atoms with E-state index in [1.54, 1.807) is 37.3 Å². The number of amides is 1. The molecule has 2 aromatic rings. The summed E-state index contributed by atoms with van der Waals surface area (Å²) < 4.78 is 10.5. The number of hydrogen-bond acceptors (Lipinski definition) is 4. The summed E-state index contributed by atoms with van der Waals surface area (Å²) in [6.07, 6.45) is -0.222.